The standard InChI is InChI=1S/C13H23F3O4S/c1-2-3-4-5-6-7-8-11(12(17)18)21(19,20)10-9-13(14,15)16/h11H,2-10H2,1H3,(H,17,18). The molecule has 0 aliphatic carbocycles. The van der Waals surface area contributed by atoms with Crippen LogP contribution in [-0.4, -0.2) is 36.7 Å². The SMILES string of the molecule is CCCCCCCCC(C(=O)O)S(=O)(=O)CCC(F)(F)F. The molecule has 126 valence electrons. The Balaban J connectivity index is 4.37. The Morgan fingerprint density at radius 2 is 1.62 bits per heavy atom. The molecule has 0 aromatic rings. The van der Waals surface area contributed by atoms with Gasteiger partial charge in [0.05, 0.1) is 12.2 Å². The number of carboxylic acids is 1. The van der Waals surface area contributed by atoms with Crippen LogP contribution in [0, 0.1) is 0 Å². The highest BCUT2D eigenvalue weighted by atomic mass is 32.2. The number of sulfone groups is 1. The maximum absolute atomic E-state index is 12.1. The number of carbonyl (C=O) groups is 1. The van der Waals surface area contributed by atoms with Gasteiger partial charge in [0, 0.05) is 0 Å². The fourth-order valence-electron chi connectivity index (χ4n) is 1.97. The van der Waals surface area contributed by atoms with E-state index in [-0.39, 0.29) is 6.42 Å². The molecule has 0 spiro atoms. The Morgan fingerprint density at radius 1 is 1.10 bits per heavy atom. The molecule has 0 amide bonds. The zero-order valence-electron chi connectivity index (χ0n) is 12.2. The first-order valence-corrected chi connectivity index (χ1v) is 8.83. The van der Waals surface area contributed by atoms with Gasteiger partial charge >= 0.3 is 12.1 Å². The number of hydrogen-bond donors (Lipinski definition) is 1. The lowest BCUT2D eigenvalue weighted by molar-refractivity contribution is -0.137. The topological polar surface area (TPSA) is 71.4 Å². The van der Waals surface area contributed by atoms with Crippen molar-refractivity contribution in [2.75, 3.05) is 5.75 Å². The van der Waals surface area contributed by atoms with E-state index in [2.05, 4.69) is 0 Å². The van der Waals surface area contributed by atoms with Gasteiger partial charge in [-0.3, -0.25) is 4.79 Å². The van der Waals surface area contributed by atoms with Crippen molar-refractivity contribution in [1.82, 2.24) is 0 Å². The Morgan fingerprint density at radius 3 is 2.10 bits per heavy atom. The molecule has 8 heteroatoms. The van der Waals surface area contributed by atoms with Gasteiger partial charge in [0.1, 0.15) is 0 Å². The summed E-state index contributed by atoms with van der Waals surface area (Å²) in [5.74, 6) is -2.73. The van der Waals surface area contributed by atoms with Gasteiger partial charge in [-0.05, 0) is 6.42 Å². The van der Waals surface area contributed by atoms with Gasteiger partial charge in [0.25, 0.3) is 0 Å². The molecule has 1 atom stereocenters. The number of rotatable bonds is 11. The summed E-state index contributed by atoms with van der Waals surface area (Å²) in [5.41, 5.74) is 0. The van der Waals surface area contributed by atoms with Crippen LogP contribution < -0.4 is 0 Å². The first-order valence-electron chi connectivity index (χ1n) is 7.11. The lowest BCUT2D eigenvalue weighted by Crippen LogP contribution is -2.33. The summed E-state index contributed by atoms with van der Waals surface area (Å²) in [6.45, 7) is 2.05. The first kappa shape index (κ1) is 20.2. The number of halogens is 3. The lowest BCUT2D eigenvalue weighted by Gasteiger charge is -2.14. The fourth-order valence-corrected chi connectivity index (χ4v) is 3.60. The van der Waals surface area contributed by atoms with Crippen LogP contribution in [0.2, 0.25) is 0 Å². The van der Waals surface area contributed by atoms with Gasteiger partial charge in [-0.2, -0.15) is 13.2 Å². The van der Waals surface area contributed by atoms with Crippen LogP contribution in [0.5, 0.6) is 0 Å². The van der Waals surface area contributed by atoms with Crippen molar-refractivity contribution >= 4 is 15.8 Å². The second-order valence-corrected chi connectivity index (χ2v) is 7.42. The van der Waals surface area contributed by atoms with Crippen LogP contribution >= 0.6 is 0 Å². The molecular formula is C13H23F3O4S. The van der Waals surface area contributed by atoms with E-state index < -0.39 is 39.4 Å². The maximum atomic E-state index is 12.1. The van der Waals surface area contributed by atoms with Crippen molar-refractivity contribution in [3.05, 3.63) is 0 Å². The van der Waals surface area contributed by atoms with Crippen LogP contribution in [-0.2, 0) is 14.6 Å². The van der Waals surface area contributed by atoms with Crippen LogP contribution in [0.15, 0.2) is 0 Å². The molecule has 0 saturated carbocycles. The van der Waals surface area contributed by atoms with Crippen LogP contribution in [0.4, 0.5) is 13.2 Å². The number of aliphatic carboxylic acids is 1. The minimum atomic E-state index is -4.60. The molecule has 0 fully saturated rings. The van der Waals surface area contributed by atoms with Gasteiger partial charge < -0.3 is 5.11 Å². The number of alkyl halides is 3. The third-order valence-corrected chi connectivity index (χ3v) is 5.28. The molecule has 0 aliphatic rings. The van der Waals surface area contributed by atoms with Gasteiger partial charge in [0.2, 0.25) is 0 Å². The van der Waals surface area contributed by atoms with Crippen molar-refractivity contribution in [2.24, 2.45) is 0 Å². The predicted molar refractivity (Wildman–Crippen MR) is 73.9 cm³/mol. The van der Waals surface area contributed by atoms with Gasteiger partial charge in [-0.15, -0.1) is 0 Å². The normalized spacial score (nSPS) is 14.1. The predicted octanol–water partition coefficient (Wildman–Crippen LogP) is 3.56. The average molecular weight is 332 g/mol. The van der Waals surface area contributed by atoms with E-state index in [1.807, 2.05) is 6.92 Å². The molecule has 1 N–H and O–H groups in total. The summed E-state index contributed by atoms with van der Waals surface area (Å²) >= 11 is 0. The summed E-state index contributed by atoms with van der Waals surface area (Å²) in [6, 6.07) is 0. The van der Waals surface area contributed by atoms with E-state index in [9.17, 15) is 26.4 Å². The van der Waals surface area contributed by atoms with Crippen molar-refractivity contribution in [3.63, 3.8) is 0 Å². The van der Waals surface area contributed by atoms with E-state index in [1.165, 1.54) is 0 Å². The highest BCUT2D eigenvalue weighted by Crippen LogP contribution is 2.23. The molecule has 0 aromatic carbocycles. The molecular weight excluding hydrogens is 309 g/mol. The highest BCUT2D eigenvalue weighted by Gasteiger charge is 2.36. The highest BCUT2D eigenvalue weighted by molar-refractivity contribution is 7.92. The van der Waals surface area contributed by atoms with Crippen molar-refractivity contribution in [1.29, 1.82) is 0 Å². The maximum Gasteiger partial charge on any atom is 0.390 e. The second-order valence-electron chi connectivity index (χ2n) is 5.12. The van der Waals surface area contributed by atoms with Gasteiger partial charge in [-0.25, -0.2) is 8.42 Å². The monoisotopic (exact) mass is 332 g/mol. The Hall–Kier alpha value is -0.790. The quantitative estimate of drug-likeness (QED) is 0.587. The second kappa shape index (κ2) is 9.27. The van der Waals surface area contributed by atoms with E-state index in [0.717, 1.165) is 25.7 Å². The van der Waals surface area contributed by atoms with Crippen LogP contribution in [0.25, 0.3) is 0 Å². The summed E-state index contributed by atoms with van der Waals surface area (Å²) in [6.07, 6.45) is -1.15. The Bertz CT molecular complexity index is 404. The molecule has 21 heavy (non-hydrogen) atoms. The molecule has 4 nitrogen and oxygen atoms in total. The molecule has 0 rings (SSSR count). The van der Waals surface area contributed by atoms with E-state index in [0.29, 0.717) is 12.8 Å². The van der Waals surface area contributed by atoms with E-state index in [1.54, 1.807) is 0 Å². The Labute approximate surface area is 123 Å². The third-order valence-electron chi connectivity index (χ3n) is 3.20. The largest absolute Gasteiger partial charge is 0.480 e. The molecule has 0 saturated heterocycles. The molecule has 0 radical (unpaired) electrons. The van der Waals surface area contributed by atoms with Crippen molar-refractivity contribution in [2.45, 2.75) is 69.7 Å². The van der Waals surface area contributed by atoms with Crippen LogP contribution in [0.3, 0.4) is 0 Å². The smallest absolute Gasteiger partial charge is 0.390 e. The fraction of sp³-hybridized carbons (Fsp3) is 0.923. The molecule has 0 aliphatic heterocycles. The summed E-state index contributed by atoms with van der Waals surface area (Å²) in [5, 5.41) is 7.19. The van der Waals surface area contributed by atoms with Gasteiger partial charge in [0.15, 0.2) is 15.1 Å². The number of hydrogen-bond acceptors (Lipinski definition) is 3. The van der Waals surface area contributed by atoms with Gasteiger partial charge in [-0.1, -0.05) is 45.4 Å². The molecule has 0 heterocycles. The summed E-state index contributed by atoms with van der Waals surface area (Å²) < 4.78 is 59.6. The van der Waals surface area contributed by atoms with Crippen LogP contribution in [0.1, 0.15) is 58.3 Å². The van der Waals surface area contributed by atoms with E-state index >= 15 is 0 Å². The first-order chi connectivity index (χ1) is 9.60. The molecule has 0 bridgehead atoms. The number of unbranched alkanes of at least 4 members (excludes halogenated alkanes) is 5. The zero-order chi connectivity index (χ0) is 16.5. The van der Waals surface area contributed by atoms with E-state index in [4.69, 9.17) is 5.11 Å². The Kier molecular flexibility index (Phi) is 8.92. The average Bonchev–Trinajstić information content (AvgIpc) is 2.34. The summed E-state index contributed by atoms with van der Waals surface area (Å²) in [7, 11) is -4.27. The minimum Gasteiger partial charge on any atom is -0.480 e. The summed E-state index contributed by atoms with van der Waals surface area (Å²) in [4.78, 5) is 11.0. The zero-order valence-corrected chi connectivity index (χ0v) is 13.0. The third kappa shape index (κ3) is 9.71. The van der Waals surface area contributed by atoms with Crippen molar-refractivity contribution in [3.8, 4) is 0 Å². The molecule has 0 aromatic heterocycles. The lowest BCUT2D eigenvalue weighted by atomic mass is 10.1. The molecule has 1 unspecified atom stereocenters. The van der Waals surface area contributed by atoms with Crippen molar-refractivity contribution < 1.29 is 31.5 Å². The minimum absolute atomic E-state index is 0.123. The number of carboxylic acid groups (broad SMARTS) is 1.